The fourth-order valence-corrected chi connectivity index (χ4v) is 7.85. The van der Waals surface area contributed by atoms with Gasteiger partial charge in [0.15, 0.2) is 17.5 Å². The number of aromatic nitrogens is 3. The zero-order valence-electron chi connectivity index (χ0n) is 29.6. The van der Waals surface area contributed by atoms with Gasteiger partial charge < -0.3 is 4.42 Å². The van der Waals surface area contributed by atoms with Crippen LogP contribution in [-0.2, 0) is 0 Å². The van der Waals surface area contributed by atoms with Gasteiger partial charge in [0.1, 0.15) is 11.2 Å². The minimum atomic E-state index is 0.581. The number of rotatable bonds is 5. The number of nitrogens with zero attached hydrogens (tertiary/aromatic N) is 3. The zero-order valence-corrected chi connectivity index (χ0v) is 29.6. The monoisotopic (exact) mass is 701 g/mol. The molecule has 0 saturated heterocycles. The van der Waals surface area contributed by atoms with E-state index in [9.17, 15) is 0 Å². The van der Waals surface area contributed by atoms with Crippen molar-refractivity contribution in [1.82, 2.24) is 15.0 Å². The molecular weight excluding hydrogens is 671 g/mol. The molecule has 0 atom stereocenters. The van der Waals surface area contributed by atoms with E-state index in [4.69, 9.17) is 19.4 Å². The second-order valence-electron chi connectivity index (χ2n) is 14.1. The summed E-state index contributed by atoms with van der Waals surface area (Å²) in [7, 11) is 0. The molecule has 0 aliphatic rings. The summed E-state index contributed by atoms with van der Waals surface area (Å²) < 4.78 is 6.68. The molecule has 9 aromatic carbocycles. The van der Waals surface area contributed by atoms with Gasteiger partial charge >= 0.3 is 0 Å². The molecule has 4 heteroatoms. The van der Waals surface area contributed by atoms with Crippen molar-refractivity contribution < 1.29 is 4.42 Å². The molecule has 0 N–H and O–H groups in total. The maximum Gasteiger partial charge on any atom is 0.164 e. The first-order valence-electron chi connectivity index (χ1n) is 18.5. The fraction of sp³-hybridized carbons (Fsp3) is 0. The Balaban J connectivity index is 1.13. The lowest BCUT2D eigenvalue weighted by Gasteiger charge is -2.12. The highest BCUT2D eigenvalue weighted by molar-refractivity contribution is 6.16. The highest BCUT2D eigenvalue weighted by Gasteiger charge is 2.19. The third kappa shape index (κ3) is 5.51. The molecule has 11 rings (SSSR count). The zero-order chi connectivity index (χ0) is 36.3. The van der Waals surface area contributed by atoms with Gasteiger partial charge in [-0.3, -0.25) is 0 Å². The fourth-order valence-electron chi connectivity index (χ4n) is 7.85. The molecule has 0 fully saturated rings. The number of hydrogen-bond donors (Lipinski definition) is 0. The average molecular weight is 702 g/mol. The summed E-state index contributed by atoms with van der Waals surface area (Å²) >= 11 is 0. The maximum atomic E-state index is 6.68. The van der Waals surface area contributed by atoms with Crippen LogP contribution in [-0.4, -0.2) is 15.0 Å². The van der Waals surface area contributed by atoms with E-state index in [1.54, 1.807) is 0 Å². The van der Waals surface area contributed by atoms with Gasteiger partial charge in [-0.1, -0.05) is 146 Å². The van der Waals surface area contributed by atoms with E-state index in [0.29, 0.717) is 17.5 Å². The molecule has 0 radical (unpaired) electrons. The molecule has 0 unspecified atom stereocenters. The normalized spacial score (nSPS) is 11.6. The molecule has 0 aliphatic heterocycles. The summed E-state index contributed by atoms with van der Waals surface area (Å²) in [6, 6.07) is 65.9. The first kappa shape index (κ1) is 31.1. The summed E-state index contributed by atoms with van der Waals surface area (Å²) in [5, 5.41) is 9.05. The summed E-state index contributed by atoms with van der Waals surface area (Å²) in [5.41, 5.74) is 8.88. The van der Waals surface area contributed by atoms with E-state index in [2.05, 4.69) is 176 Å². The van der Waals surface area contributed by atoms with Gasteiger partial charge in [-0.05, 0) is 97.0 Å². The molecule has 55 heavy (non-hydrogen) atoms. The SMILES string of the molecule is c1ccc(-c2ccc3cc(-c4nc(-c5ccc6ccccc6c5)nc(-c5cc(-c6ccccc6)c6c(c5)oc5cc7ccccc7cc56)n4)ccc3c2)cc1. The Labute approximate surface area is 317 Å². The van der Waals surface area contributed by atoms with E-state index in [0.717, 1.165) is 71.3 Å². The molecule has 11 aromatic rings. The Bertz CT molecular complexity index is 3260. The lowest BCUT2D eigenvalue weighted by Crippen LogP contribution is -2.00. The predicted molar refractivity (Wildman–Crippen MR) is 227 cm³/mol. The highest BCUT2D eigenvalue weighted by Crippen LogP contribution is 2.41. The van der Waals surface area contributed by atoms with Crippen LogP contribution < -0.4 is 0 Å². The van der Waals surface area contributed by atoms with Crippen molar-refractivity contribution in [2.45, 2.75) is 0 Å². The minimum absolute atomic E-state index is 0.581. The molecule has 256 valence electrons. The van der Waals surface area contributed by atoms with Crippen LogP contribution in [0.1, 0.15) is 0 Å². The second kappa shape index (κ2) is 12.6. The molecule has 0 aliphatic carbocycles. The third-order valence-electron chi connectivity index (χ3n) is 10.6. The first-order valence-corrected chi connectivity index (χ1v) is 18.5. The number of fused-ring (bicyclic) bond motifs is 6. The van der Waals surface area contributed by atoms with Crippen molar-refractivity contribution in [3.63, 3.8) is 0 Å². The van der Waals surface area contributed by atoms with Gasteiger partial charge in [-0.25, -0.2) is 15.0 Å². The lowest BCUT2D eigenvalue weighted by molar-refractivity contribution is 0.669. The first-order chi connectivity index (χ1) is 27.2. The highest BCUT2D eigenvalue weighted by atomic mass is 16.3. The molecule has 0 saturated carbocycles. The maximum absolute atomic E-state index is 6.68. The van der Waals surface area contributed by atoms with E-state index >= 15 is 0 Å². The molecule has 2 aromatic heterocycles. The van der Waals surface area contributed by atoms with Gasteiger partial charge in [0.05, 0.1) is 0 Å². The Hall–Kier alpha value is -7.43. The van der Waals surface area contributed by atoms with Crippen LogP contribution in [0.4, 0.5) is 0 Å². The molecular formula is C51H31N3O. The van der Waals surface area contributed by atoms with Crippen LogP contribution >= 0.6 is 0 Å². The topological polar surface area (TPSA) is 51.8 Å². The molecule has 0 spiro atoms. The Morgan fingerprint density at radius 1 is 0.291 bits per heavy atom. The van der Waals surface area contributed by atoms with Gasteiger partial charge in [-0.2, -0.15) is 0 Å². The van der Waals surface area contributed by atoms with E-state index in [-0.39, 0.29) is 0 Å². The van der Waals surface area contributed by atoms with Crippen molar-refractivity contribution in [3.8, 4) is 56.4 Å². The summed E-state index contributed by atoms with van der Waals surface area (Å²) in [6.45, 7) is 0. The van der Waals surface area contributed by atoms with Crippen molar-refractivity contribution in [2.24, 2.45) is 0 Å². The van der Waals surface area contributed by atoms with Crippen molar-refractivity contribution in [3.05, 3.63) is 188 Å². The lowest BCUT2D eigenvalue weighted by atomic mass is 9.96. The smallest absolute Gasteiger partial charge is 0.164 e. The third-order valence-corrected chi connectivity index (χ3v) is 10.6. The molecule has 2 heterocycles. The van der Waals surface area contributed by atoms with Crippen LogP contribution in [0, 0.1) is 0 Å². The number of furan rings is 1. The molecule has 0 amide bonds. The quantitative estimate of drug-likeness (QED) is 0.179. The Morgan fingerprint density at radius 2 is 0.764 bits per heavy atom. The van der Waals surface area contributed by atoms with Crippen LogP contribution in [0.25, 0.3) is 111 Å². The summed E-state index contributed by atoms with van der Waals surface area (Å²) in [6.07, 6.45) is 0. The van der Waals surface area contributed by atoms with Crippen molar-refractivity contribution in [2.75, 3.05) is 0 Å². The number of benzene rings is 9. The van der Waals surface area contributed by atoms with Crippen LogP contribution in [0.15, 0.2) is 192 Å². The van der Waals surface area contributed by atoms with E-state index < -0.39 is 0 Å². The minimum Gasteiger partial charge on any atom is -0.456 e. The van der Waals surface area contributed by atoms with E-state index in [1.807, 2.05) is 12.1 Å². The second-order valence-corrected chi connectivity index (χ2v) is 14.1. The average Bonchev–Trinajstić information content (AvgIpc) is 3.62. The van der Waals surface area contributed by atoms with Gasteiger partial charge in [0.25, 0.3) is 0 Å². The Kier molecular flexibility index (Phi) is 7.14. The standard InChI is InChI=1S/C51H31N3O/c1-3-11-32(12-4-1)38-20-21-40-27-42(24-22-39(40)25-38)50-52-49(41-23-19-33-13-7-8-16-35(33)26-41)53-51(54-50)43-29-44(34-14-5-2-6-15-34)48-45-28-36-17-9-10-18-37(36)30-46(45)55-47(48)31-43/h1-31H. The van der Waals surface area contributed by atoms with Crippen LogP contribution in [0.3, 0.4) is 0 Å². The molecule has 4 nitrogen and oxygen atoms in total. The van der Waals surface area contributed by atoms with Crippen LogP contribution in [0.5, 0.6) is 0 Å². The number of hydrogen-bond acceptors (Lipinski definition) is 4. The Morgan fingerprint density at radius 3 is 1.42 bits per heavy atom. The van der Waals surface area contributed by atoms with E-state index in [1.165, 1.54) is 21.9 Å². The van der Waals surface area contributed by atoms with Gasteiger partial charge in [0, 0.05) is 27.5 Å². The van der Waals surface area contributed by atoms with Gasteiger partial charge in [-0.15, -0.1) is 0 Å². The van der Waals surface area contributed by atoms with Gasteiger partial charge in [0.2, 0.25) is 0 Å². The predicted octanol–water partition coefficient (Wildman–Crippen LogP) is 13.6. The van der Waals surface area contributed by atoms with Crippen molar-refractivity contribution in [1.29, 1.82) is 0 Å². The molecule has 0 bridgehead atoms. The summed E-state index contributed by atoms with van der Waals surface area (Å²) in [4.78, 5) is 15.5. The largest absolute Gasteiger partial charge is 0.456 e. The summed E-state index contributed by atoms with van der Waals surface area (Å²) in [5.74, 6) is 1.80. The van der Waals surface area contributed by atoms with Crippen LogP contribution in [0.2, 0.25) is 0 Å². The van der Waals surface area contributed by atoms with Crippen molar-refractivity contribution >= 4 is 54.3 Å².